The number of terminal acetylenes is 1. The average Bonchev–Trinajstić information content (AvgIpc) is 3.05. The maximum Gasteiger partial charge on any atom is 0.459 e. The van der Waals surface area contributed by atoms with E-state index in [1.165, 1.54) is 19.1 Å². The normalized spacial score (nSPS) is 27.3. The van der Waals surface area contributed by atoms with Crippen molar-refractivity contribution in [3.8, 4) is 18.1 Å². The highest BCUT2D eigenvalue weighted by Gasteiger charge is 2.65. The van der Waals surface area contributed by atoms with Crippen LogP contribution in [0.1, 0.15) is 27.0 Å². The number of hydrogen-bond acceptors (Lipinski definition) is 10. The molecule has 3 rings (SSSR count). The third kappa shape index (κ3) is 6.39. The lowest BCUT2D eigenvalue weighted by atomic mass is 9.94. The minimum atomic E-state index is -4.56. The predicted octanol–water partition coefficient (Wildman–Crippen LogP) is 1.96. The van der Waals surface area contributed by atoms with Gasteiger partial charge in [-0.15, -0.1) is 6.42 Å². The molecule has 6 atom stereocenters. The molecule has 38 heavy (non-hydrogen) atoms. The molecule has 0 amide bonds. The number of aromatic amines is 1. The highest BCUT2D eigenvalue weighted by molar-refractivity contribution is 7.71. The van der Waals surface area contributed by atoms with Gasteiger partial charge in [-0.3, -0.25) is 23.7 Å². The first-order valence-electron chi connectivity index (χ1n) is 11.3. The van der Waals surface area contributed by atoms with Crippen LogP contribution in [0.15, 0.2) is 47.4 Å². The van der Waals surface area contributed by atoms with E-state index in [1.54, 1.807) is 32.0 Å². The number of hydrogen-bond donors (Lipinski definition) is 4. The summed E-state index contributed by atoms with van der Waals surface area (Å²) in [5.74, 6) is -2.11. The van der Waals surface area contributed by atoms with E-state index < -0.39 is 61.8 Å². The quantitative estimate of drug-likeness (QED) is 0.143. The summed E-state index contributed by atoms with van der Waals surface area (Å²) in [4.78, 5) is 26.1. The van der Waals surface area contributed by atoms with Crippen LogP contribution in [0.2, 0.25) is 0 Å². The number of carbonyl (C=O) groups excluding carboxylic acids is 1. The Morgan fingerprint density at radius 1 is 1.37 bits per heavy atom. The van der Waals surface area contributed by atoms with Crippen LogP contribution < -0.4 is 15.2 Å². The third-order valence-electron chi connectivity index (χ3n) is 5.30. The maximum absolute atomic E-state index is 16.0. The van der Waals surface area contributed by atoms with Crippen molar-refractivity contribution in [3.05, 3.63) is 57.7 Å². The Labute approximate surface area is 222 Å². The minimum Gasteiger partial charge on any atom is -0.462 e. The van der Waals surface area contributed by atoms with Crippen LogP contribution >= 0.6 is 20.0 Å². The molecule has 1 fully saturated rings. The molecule has 0 spiro atoms. The number of aliphatic hydroxyl groups excluding tert-OH is 1. The second kappa shape index (κ2) is 11.5. The summed E-state index contributed by atoms with van der Waals surface area (Å²) in [7, 11) is -4.56. The van der Waals surface area contributed by atoms with Crippen molar-refractivity contribution < 1.29 is 42.5 Å². The van der Waals surface area contributed by atoms with Crippen LogP contribution in [0.3, 0.4) is 0 Å². The number of esters is 1. The van der Waals surface area contributed by atoms with Gasteiger partial charge in [0, 0.05) is 12.3 Å². The number of aromatic nitrogens is 2. The summed E-state index contributed by atoms with van der Waals surface area (Å²) in [5, 5.41) is 24.0. The van der Waals surface area contributed by atoms with Gasteiger partial charge in [0.15, 0.2) is 17.1 Å². The largest absolute Gasteiger partial charge is 0.462 e. The molecule has 1 aliphatic rings. The molecule has 12 nitrogen and oxygen atoms in total. The highest BCUT2D eigenvalue weighted by atomic mass is 32.1. The first-order chi connectivity index (χ1) is 17.7. The predicted molar refractivity (Wildman–Crippen MR) is 134 cm³/mol. The molecule has 15 heteroatoms. The second-order valence-corrected chi connectivity index (χ2v) is 10.7. The zero-order chi connectivity index (χ0) is 28.3. The van der Waals surface area contributed by atoms with E-state index in [4.69, 9.17) is 37.2 Å². The highest BCUT2D eigenvalue weighted by Crippen LogP contribution is 2.50. The van der Waals surface area contributed by atoms with E-state index in [9.17, 15) is 24.4 Å². The number of nitrogens with one attached hydrogen (secondary N) is 2. The molecule has 0 bridgehead atoms. The molecule has 2 aromatic rings. The Kier molecular flexibility index (Phi) is 8.95. The molecule has 0 aliphatic carbocycles. The first kappa shape index (κ1) is 29.7. The Morgan fingerprint density at radius 3 is 2.61 bits per heavy atom. The number of carbonyl (C=O) groups is 1. The molecule has 0 saturated carbocycles. The number of para-hydroxylation sites is 1. The number of aliphatic hydroxyl groups is 2. The van der Waals surface area contributed by atoms with E-state index >= 15 is 4.39 Å². The summed E-state index contributed by atoms with van der Waals surface area (Å²) >= 11 is 5.03. The first-order valence-corrected chi connectivity index (χ1v) is 13.2. The van der Waals surface area contributed by atoms with Crippen LogP contribution in [0.4, 0.5) is 4.39 Å². The van der Waals surface area contributed by atoms with Crippen LogP contribution in [0, 0.1) is 17.1 Å². The summed E-state index contributed by atoms with van der Waals surface area (Å²) < 4.78 is 51.3. The number of H-pyrrole nitrogens is 1. The van der Waals surface area contributed by atoms with Crippen molar-refractivity contribution in [2.24, 2.45) is 0 Å². The molecule has 1 aromatic heterocycles. The van der Waals surface area contributed by atoms with E-state index in [0.717, 1.165) is 16.8 Å². The van der Waals surface area contributed by atoms with Gasteiger partial charge in [0.05, 0.1) is 6.10 Å². The standard InChI is InChI=1S/C23H27FN3O9PS/c1-5-22(31)19(30)23(24,35-20(22)27-12-11-17(28)25-21(27)38)13-33-37(32,36-16-9-7-6-8-10-16)26-15(4)18(29)34-14(2)3/h1,6-12,14-15,19-20,30-31H,13H2,2-4H3,(H,26,32)(H,25,28,38). The number of rotatable bonds is 10. The molecule has 206 valence electrons. The molecule has 0 radical (unpaired) electrons. The van der Waals surface area contributed by atoms with Gasteiger partial charge in [0.1, 0.15) is 18.4 Å². The number of benzene rings is 1. The molecule has 6 unspecified atom stereocenters. The van der Waals surface area contributed by atoms with Crippen molar-refractivity contribution >= 4 is 25.9 Å². The van der Waals surface area contributed by atoms with Crippen molar-refractivity contribution in [2.45, 2.75) is 56.7 Å². The summed E-state index contributed by atoms with van der Waals surface area (Å²) in [6.45, 7) is 3.27. The zero-order valence-electron chi connectivity index (χ0n) is 20.6. The van der Waals surface area contributed by atoms with Gasteiger partial charge >= 0.3 is 13.7 Å². The van der Waals surface area contributed by atoms with Crippen molar-refractivity contribution in [2.75, 3.05) is 6.61 Å². The third-order valence-corrected chi connectivity index (χ3v) is 7.24. The fourth-order valence-corrected chi connectivity index (χ4v) is 5.22. The lowest BCUT2D eigenvalue weighted by molar-refractivity contribution is -0.203. The Bertz CT molecular complexity index is 1360. The molecule has 1 aliphatic heterocycles. The van der Waals surface area contributed by atoms with Gasteiger partial charge in [0.2, 0.25) is 5.60 Å². The maximum atomic E-state index is 16.0. The molecule has 2 heterocycles. The van der Waals surface area contributed by atoms with E-state index in [-0.39, 0.29) is 10.5 Å². The number of alkyl halides is 1. The fraction of sp³-hybridized carbons (Fsp3) is 0.435. The molecular formula is C23H27FN3O9PS. The van der Waals surface area contributed by atoms with Crippen molar-refractivity contribution in [1.82, 2.24) is 14.6 Å². The Morgan fingerprint density at radius 2 is 2.03 bits per heavy atom. The lowest BCUT2D eigenvalue weighted by Crippen LogP contribution is -2.50. The van der Waals surface area contributed by atoms with Crippen LogP contribution in [-0.2, 0) is 23.4 Å². The van der Waals surface area contributed by atoms with E-state index in [2.05, 4.69) is 10.1 Å². The minimum absolute atomic E-state index is 0.0473. The summed E-state index contributed by atoms with van der Waals surface area (Å²) in [6, 6.07) is 7.46. The second-order valence-electron chi connectivity index (χ2n) is 8.66. The van der Waals surface area contributed by atoms with Crippen molar-refractivity contribution in [1.29, 1.82) is 0 Å². The summed E-state index contributed by atoms with van der Waals surface area (Å²) in [5.41, 5.74) is -3.28. The Balaban J connectivity index is 1.90. The zero-order valence-corrected chi connectivity index (χ0v) is 22.3. The SMILES string of the molecule is C#CC1(O)C(n2ccc(=O)[nH]c2=S)OC(F)(COP(=O)(NC(C)C(=O)OC(C)C)Oc2ccccc2)C1O. The van der Waals surface area contributed by atoms with Crippen LogP contribution in [-0.4, -0.2) is 62.0 Å². The molecule has 4 N–H and O–H groups in total. The van der Waals surface area contributed by atoms with Crippen LogP contribution in [0.25, 0.3) is 0 Å². The van der Waals surface area contributed by atoms with Gasteiger partial charge in [-0.1, -0.05) is 24.1 Å². The molecule has 1 saturated heterocycles. The molecule has 1 aromatic carbocycles. The smallest absolute Gasteiger partial charge is 0.459 e. The van der Waals surface area contributed by atoms with Crippen LogP contribution in [0.5, 0.6) is 5.75 Å². The van der Waals surface area contributed by atoms with Gasteiger partial charge in [-0.05, 0) is 45.1 Å². The molecular weight excluding hydrogens is 544 g/mol. The summed E-state index contributed by atoms with van der Waals surface area (Å²) in [6.07, 6.45) is 1.75. The van der Waals surface area contributed by atoms with Gasteiger partial charge < -0.3 is 24.2 Å². The monoisotopic (exact) mass is 571 g/mol. The topological polar surface area (TPSA) is 161 Å². The van der Waals surface area contributed by atoms with Gasteiger partial charge in [-0.2, -0.15) is 5.09 Å². The van der Waals surface area contributed by atoms with Gasteiger partial charge in [-0.25, -0.2) is 8.96 Å². The number of halogens is 1. The lowest BCUT2D eigenvalue weighted by Gasteiger charge is -2.28. The average molecular weight is 572 g/mol. The van der Waals surface area contributed by atoms with Gasteiger partial charge in [0.25, 0.3) is 11.4 Å². The fourth-order valence-electron chi connectivity index (χ4n) is 3.45. The van der Waals surface area contributed by atoms with Crippen molar-refractivity contribution in [3.63, 3.8) is 0 Å². The van der Waals surface area contributed by atoms with E-state index in [0.29, 0.717) is 0 Å². The number of ether oxygens (including phenoxy) is 2. The number of nitrogens with zero attached hydrogens (tertiary/aromatic N) is 1. The Hall–Kier alpha value is -2.89. The van der Waals surface area contributed by atoms with E-state index in [1.807, 2.05) is 5.92 Å².